The highest BCUT2D eigenvalue weighted by atomic mass is 16.7. The van der Waals surface area contributed by atoms with Crippen molar-refractivity contribution in [2.45, 2.75) is 6.92 Å². The van der Waals surface area contributed by atoms with Crippen molar-refractivity contribution in [3.8, 4) is 11.6 Å². The van der Waals surface area contributed by atoms with Gasteiger partial charge in [0.15, 0.2) is 0 Å². The molecule has 0 N–H and O–H groups in total. The molecule has 1 aromatic heterocycles. The van der Waals surface area contributed by atoms with Gasteiger partial charge in [-0.25, -0.2) is 4.79 Å². The van der Waals surface area contributed by atoms with Crippen molar-refractivity contribution >= 4 is 22.7 Å². The molecule has 3 rings (SSSR count). The van der Waals surface area contributed by atoms with Crippen molar-refractivity contribution < 1.29 is 19.2 Å². The van der Waals surface area contributed by atoms with E-state index in [1.165, 1.54) is 12.1 Å². The average Bonchev–Trinajstić information content (AvgIpc) is 2.92. The topological polar surface area (TPSA) is 83.6 Å². The van der Waals surface area contributed by atoms with Gasteiger partial charge in [0.25, 0.3) is 5.69 Å². The van der Waals surface area contributed by atoms with E-state index in [9.17, 15) is 14.9 Å². The molecule has 7 nitrogen and oxygen atoms in total. The lowest BCUT2D eigenvalue weighted by Crippen LogP contribution is -2.12. The van der Waals surface area contributed by atoms with Gasteiger partial charge >= 0.3 is 6.16 Å². The molecule has 0 radical (unpaired) electrons. The van der Waals surface area contributed by atoms with Crippen molar-refractivity contribution in [1.82, 2.24) is 4.57 Å². The van der Waals surface area contributed by atoms with Gasteiger partial charge in [0.2, 0.25) is 5.88 Å². The first-order valence-corrected chi connectivity index (χ1v) is 7.30. The van der Waals surface area contributed by atoms with Crippen LogP contribution in [0.15, 0.2) is 54.6 Å². The van der Waals surface area contributed by atoms with Crippen molar-refractivity contribution in [1.29, 1.82) is 0 Å². The molecule has 0 atom stereocenters. The maximum Gasteiger partial charge on any atom is 0.515 e. The first-order valence-electron chi connectivity index (χ1n) is 7.30. The molecule has 1 heterocycles. The summed E-state index contributed by atoms with van der Waals surface area (Å²) in [7, 11) is 0. The Hall–Kier alpha value is -3.35. The second kappa shape index (κ2) is 6.41. The van der Waals surface area contributed by atoms with Crippen LogP contribution in [0.1, 0.15) is 6.92 Å². The Kier molecular flexibility index (Phi) is 4.15. The standard InChI is InChI=1S/C17H14N2O5/c1-2-23-17(20)24-16-11-12-5-3-4-6-15(12)18(16)13-7-9-14(10-8-13)19(21)22/h3-11H,2H2,1H3. The third kappa shape index (κ3) is 2.91. The zero-order chi connectivity index (χ0) is 17.1. The highest BCUT2D eigenvalue weighted by molar-refractivity contribution is 5.85. The smallest absolute Gasteiger partial charge is 0.434 e. The quantitative estimate of drug-likeness (QED) is 0.410. The van der Waals surface area contributed by atoms with Gasteiger partial charge in [0, 0.05) is 29.3 Å². The van der Waals surface area contributed by atoms with Crippen LogP contribution in [0.3, 0.4) is 0 Å². The van der Waals surface area contributed by atoms with Crippen LogP contribution >= 0.6 is 0 Å². The highest BCUT2D eigenvalue weighted by Crippen LogP contribution is 2.30. The van der Waals surface area contributed by atoms with Gasteiger partial charge < -0.3 is 9.47 Å². The van der Waals surface area contributed by atoms with Crippen molar-refractivity contribution in [3.05, 3.63) is 64.7 Å². The molecular formula is C17H14N2O5. The molecule has 0 amide bonds. The number of hydrogen-bond acceptors (Lipinski definition) is 5. The molecule has 0 aliphatic carbocycles. The molecule has 0 aliphatic heterocycles. The Bertz CT molecular complexity index is 899. The summed E-state index contributed by atoms with van der Waals surface area (Å²) in [4.78, 5) is 22.0. The molecule has 24 heavy (non-hydrogen) atoms. The number of fused-ring (bicyclic) bond motifs is 1. The second-order valence-electron chi connectivity index (χ2n) is 4.94. The van der Waals surface area contributed by atoms with E-state index >= 15 is 0 Å². The predicted octanol–water partition coefficient (Wildman–Crippen LogP) is 4.07. The molecule has 0 bridgehead atoms. The molecule has 0 aliphatic rings. The number of ether oxygens (including phenoxy) is 2. The lowest BCUT2D eigenvalue weighted by Gasteiger charge is -2.10. The molecule has 122 valence electrons. The van der Waals surface area contributed by atoms with Gasteiger partial charge in [-0.3, -0.25) is 14.7 Å². The lowest BCUT2D eigenvalue weighted by molar-refractivity contribution is -0.384. The van der Waals surface area contributed by atoms with Crippen LogP contribution in [0.4, 0.5) is 10.5 Å². The van der Waals surface area contributed by atoms with E-state index in [-0.39, 0.29) is 18.2 Å². The average molecular weight is 326 g/mol. The molecule has 0 spiro atoms. The largest absolute Gasteiger partial charge is 0.515 e. The van der Waals surface area contributed by atoms with E-state index in [2.05, 4.69) is 0 Å². The summed E-state index contributed by atoms with van der Waals surface area (Å²) < 4.78 is 11.8. The number of rotatable bonds is 4. The Balaban J connectivity index is 2.10. The minimum Gasteiger partial charge on any atom is -0.434 e. The Morgan fingerprint density at radius 3 is 2.54 bits per heavy atom. The molecular weight excluding hydrogens is 312 g/mol. The summed E-state index contributed by atoms with van der Waals surface area (Å²) in [5, 5.41) is 11.7. The zero-order valence-electron chi connectivity index (χ0n) is 12.8. The number of non-ortho nitro benzene ring substituents is 1. The fraction of sp³-hybridized carbons (Fsp3) is 0.118. The number of benzene rings is 2. The summed E-state index contributed by atoms with van der Waals surface area (Å²) in [6, 6.07) is 15.2. The molecule has 7 heteroatoms. The van der Waals surface area contributed by atoms with Gasteiger partial charge in [0.1, 0.15) is 0 Å². The second-order valence-corrected chi connectivity index (χ2v) is 4.94. The first kappa shape index (κ1) is 15.5. The summed E-state index contributed by atoms with van der Waals surface area (Å²) >= 11 is 0. The van der Waals surface area contributed by atoms with E-state index in [1.54, 1.807) is 29.7 Å². The Morgan fingerprint density at radius 2 is 1.88 bits per heavy atom. The summed E-state index contributed by atoms with van der Waals surface area (Å²) in [6.07, 6.45) is -0.802. The van der Waals surface area contributed by atoms with Gasteiger partial charge in [-0.1, -0.05) is 18.2 Å². The molecule has 3 aromatic rings. The van der Waals surface area contributed by atoms with Crippen molar-refractivity contribution in [3.63, 3.8) is 0 Å². The van der Waals surface area contributed by atoms with Crippen LogP contribution in [-0.2, 0) is 4.74 Å². The lowest BCUT2D eigenvalue weighted by atomic mass is 10.2. The number of nitro groups is 1. The molecule has 0 saturated heterocycles. The van der Waals surface area contributed by atoms with E-state index in [1.807, 2.05) is 24.3 Å². The van der Waals surface area contributed by atoms with E-state index in [0.717, 1.165) is 10.9 Å². The maximum absolute atomic E-state index is 11.7. The third-order valence-corrected chi connectivity index (χ3v) is 3.45. The van der Waals surface area contributed by atoms with Crippen LogP contribution in [0.5, 0.6) is 5.88 Å². The number of aromatic nitrogens is 1. The number of carbonyl (C=O) groups excluding carboxylic acids is 1. The van der Waals surface area contributed by atoms with Gasteiger partial charge in [-0.15, -0.1) is 0 Å². The Labute approximate surface area is 137 Å². The number of carbonyl (C=O) groups is 1. The number of nitro benzene ring substituents is 1. The predicted molar refractivity (Wildman–Crippen MR) is 87.6 cm³/mol. The SMILES string of the molecule is CCOC(=O)Oc1cc2ccccc2n1-c1ccc([N+](=O)[O-])cc1. The summed E-state index contributed by atoms with van der Waals surface area (Å²) in [5.41, 5.74) is 1.44. The van der Waals surface area contributed by atoms with Crippen LogP contribution < -0.4 is 4.74 Å². The van der Waals surface area contributed by atoms with Crippen LogP contribution in [-0.4, -0.2) is 22.3 Å². The number of para-hydroxylation sites is 1. The van der Waals surface area contributed by atoms with Crippen LogP contribution in [0, 0.1) is 10.1 Å². The third-order valence-electron chi connectivity index (χ3n) is 3.45. The highest BCUT2D eigenvalue weighted by Gasteiger charge is 2.16. The first-order chi connectivity index (χ1) is 11.6. The summed E-state index contributed by atoms with van der Waals surface area (Å²) in [5.74, 6) is 0.281. The number of hydrogen-bond donors (Lipinski definition) is 0. The van der Waals surface area contributed by atoms with Gasteiger partial charge in [-0.05, 0) is 25.1 Å². The van der Waals surface area contributed by atoms with Crippen molar-refractivity contribution in [2.75, 3.05) is 6.61 Å². The van der Waals surface area contributed by atoms with Crippen LogP contribution in [0.2, 0.25) is 0 Å². The fourth-order valence-electron chi connectivity index (χ4n) is 2.43. The number of nitrogens with zero attached hydrogens (tertiary/aromatic N) is 2. The minimum absolute atomic E-state index is 0.0110. The van der Waals surface area contributed by atoms with Crippen LogP contribution in [0.25, 0.3) is 16.6 Å². The molecule has 0 saturated carbocycles. The molecule has 0 fully saturated rings. The summed E-state index contributed by atoms with van der Waals surface area (Å²) in [6.45, 7) is 1.89. The van der Waals surface area contributed by atoms with Gasteiger partial charge in [-0.2, -0.15) is 0 Å². The zero-order valence-corrected chi connectivity index (χ0v) is 12.8. The normalized spacial score (nSPS) is 10.5. The monoisotopic (exact) mass is 326 g/mol. The molecule has 0 unspecified atom stereocenters. The fourth-order valence-corrected chi connectivity index (χ4v) is 2.43. The Morgan fingerprint density at radius 1 is 1.17 bits per heavy atom. The van der Waals surface area contributed by atoms with Crippen molar-refractivity contribution in [2.24, 2.45) is 0 Å². The van der Waals surface area contributed by atoms with E-state index in [4.69, 9.17) is 9.47 Å². The van der Waals surface area contributed by atoms with E-state index < -0.39 is 11.1 Å². The minimum atomic E-state index is -0.802. The molecule has 2 aromatic carbocycles. The van der Waals surface area contributed by atoms with Gasteiger partial charge in [0.05, 0.1) is 17.0 Å². The van der Waals surface area contributed by atoms with E-state index in [0.29, 0.717) is 5.69 Å². The maximum atomic E-state index is 11.7.